The van der Waals surface area contributed by atoms with Crippen molar-refractivity contribution >= 4 is 28.7 Å². The second-order valence-corrected chi connectivity index (χ2v) is 6.10. The van der Waals surface area contributed by atoms with Crippen LogP contribution in [0.2, 0.25) is 0 Å². The Morgan fingerprint density at radius 2 is 1.95 bits per heavy atom. The van der Waals surface area contributed by atoms with Crippen LogP contribution >= 0.6 is 0 Å². The number of amides is 3. The lowest BCUT2D eigenvalue weighted by Crippen LogP contribution is -2.60. The van der Waals surface area contributed by atoms with E-state index in [1.165, 1.54) is 0 Å². The number of rotatable bonds is 0. The molecule has 0 bridgehead atoms. The van der Waals surface area contributed by atoms with Crippen LogP contribution in [0.3, 0.4) is 0 Å². The van der Waals surface area contributed by atoms with Crippen LogP contribution in [0.15, 0.2) is 24.3 Å². The highest BCUT2D eigenvalue weighted by molar-refractivity contribution is 6.05. The van der Waals surface area contributed by atoms with Crippen molar-refractivity contribution in [3.63, 3.8) is 0 Å². The predicted molar refractivity (Wildman–Crippen MR) is 77.4 cm³/mol. The summed E-state index contributed by atoms with van der Waals surface area (Å²) in [6.07, 6.45) is 0.854. The largest absolute Gasteiger partial charge is 0.324 e. The first-order valence-corrected chi connectivity index (χ1v) is 7.43. The summed E-state index contributed by atoms with van der Waals surface area (Å²) in [6, 6.07) is 7.16. The quantitative estimate of drug-likeness (QED) is 0.799. The number of imide groups is 1. The van der Waals surface area contributed by atoms with Gasteiger partial charge < -0.3 is 4.90 Å². The highest BCUT2D eigenvalue weighted by Crippen LogP contribution is 2.46. The van der Waals surface area contributed by atoms with E-state index in [1.807, 2.05) is 24.3 Å². The third-order valence-corrected chi connectivity index (χ3v) is 5.09. The van der Waals surface area contributed by atoms with E-state index >= 15 is 0 Å². The average molecular weight is 295 g/mol. The molecule has 2 aromatic rings. The van der Waals surface area contributed by atoms with Gasteiger partial charge in [0, 0.05) is 18.4 Å². The number of benzene rings is 1. The van der Waals surface area contributed by atoms with Crippen LogP contribution in [0.1, 0.15) is 28.5 Å². The van der Waals surface area contributed by atoms with Crippen LogP contribution in [-0.4, -0.2) is 33.9 Å². The summed E-state index contributed by atoms with van der Waals surface area (Å²) in [5, 5.41) is 3.44. The summed E-state index contributed by atoms with van der Waals surface area (Å²) >= 11 is 0. The fourth-order valence-electron chi connectivity index (χ4n) is 4.22. The maximum absolute atomic E-state index is 12.6. The number of urea groups is 1. The van der Waals surface area contributed by atoms with Gasteiger partial charge in [0.15, 0.2) is 0 Å². The lowest BCUT2D eigenvalue weighted by atomic mass is 9.82. The maximum Gasteiger partial charge on any atom is 0.324 e. The van der Waals surface area contributed by atoms with Crippen LogP contribution in [0.4, 0.5) is 4.79 Å². The van der Waals surface area contributed by atoms with E-state index in [0.29, 0.717) is 13.0 Å². The van der Waals surface area contributed by atoms with Gasteiger partial charge in [0.2, 0.25) is 11.8 Å². The van der Waals surface area contributed by atoms with E-state index < -0.39 is 5.92 Å². The molecule has 1 N–H and O–H groups in total. The van der Waals surface area contributed by atoms with Crippen molar-refractivity contribution < 1.29 is 14.4 Å². The molecule has 22 heavy (non-hydrogen) atoms. The molecule has 1 fully saturated rings. The molecule has 5 rings (SSSR count). The summed E-state index contributed by atoms with van der Waals surface area (Å²) in [6.45, 7) is 0.579. The Hall–Kier alpha value is -2.63. The number of carbonyl (C=O) groups excluding carboxylic acids is 3. The highest BCUT2D eigenvalue weighted by Gasteiger charge is 2.50. The van der Waals surface area contributed by atoms with Gasteiger partial charge in [-0.15, -0.1) is 0 Å². The van der Waals surface area contributed by atoms with Gasteiger partial charge in [-0.05, 0) is 18.1 Å². The molecular weight excluding hydrogens is 282 g/mol. The molecule has 2 atom stereocenters. The number of hydrogen-bond acceptors (Lipinski definition) is 3. The molecule has 0 aliphatic carbocycles. The van der Waals surface area contributed by atoms with E-state index in [2.05, 4.69) is 5.32 Å². The first-order valence-electron chi connectivity index (χ1n) is 7.43. The highest BCUT2D eigenvalue weighted by atomic mass is 16.2. The van der Waals surface area contributed by atoms with Gasteiger partial charge in [-0.2, -0.15) is 0 Å². The molecule has 1 aromatic carbocycles. The normalized spacial score (nSPS) is 26.2. The first-order chi connectivity index (χ1) is 10.7. The number of fused-ring (bicyclic) bond motifs is 3. The minimum Gasteiger partial charge on any atom is -0.315 e. The predicted octanol–water partition coefficient (Wildman–Crippen LogP) is 1.45. The van der Waals surface area contributed by atoms with Gasteiger partial charge in [0.1, 0.15) is 0 Å². The van der Waals surface area contributed by atoms with Crippen molar-refractivity contribution in [2.75, 3.05) is 6.54 Å². The SMILES string of the molecule is O=C1NC(=O)N2CCc3c4n(c5ccccc35)C(=O)CC1C42. The van der Waals surface area contributed by atoms with Gasteiger partial charge in [0.25, 0.3) is 0 Å². The molecule has 3 aliphatic heterocycles. The summed E-state index contributed by atoms with van der Waals surface area (Å²) in [7, 11) is 0. The molecule has 4 heterocycles. The molecule has 2 unspecified atom stereocenters. The molecule has 0 spiro atoms. The summed E-state index contributed by atoms with van der Waals surface area (Å²) < 4.78 is 1.73. The zero-order valence-electron chi connectivity index (χ0n) is 11.7. The van der Waals surface area contributed by atoms with E-state index in [1.54, 1.807) is 9.47 Å². The molecule has 0 radical (unpaired) electrons. The van der Waals surface area contributed by atoms with Crippen LogP contribution in [0, 0.1) is 5.92 Å². The van der Waals surface area contributed by atoms with Crippen LogP contribution in [0.25, 0.3) is 10.9 Å². The fourth-order valence-corrected chi connectivity index (χ4v) is 4.22. The summed E-state index contributed by atoms with van der Waals surface area (Å²) in [5.74, 6) is -0.866. The smallest absolute Gasteiger partial charge is 0.315 e. The lowest BCUT2D eigenvalue weighted by molar-refractivity contribution is -0.129. The van der Waals surface area contributed by atoms with Crippen molar-refractivity contribution in [2.24, 2.45) is 5.92 Å². The number of aromatic nitrogens is 1. The van der Waals surface area contributed by atoms with Gasteiger partial charge in [-0.3, -0.25) is 19.5 Å². The van der Waals surface area contributed by atoms with Gasteiger partial charge >= 0.3 is 6.03 Å². The first kappa shape index (κ1) is 12.0. The summed E-state index contributed by atoms with van der Waals surface area (Å²) in [5.41, 5.74) is 2.84. The monoisotopic (exact) mass is 295 g/mol. The lowest BCUT2D eigenvalue weighted by Gasteiger charge is -2.45. The number of para-hydroxylation sites is 1. The third-order valence-electron chi connectivity index (χ3n) is 5.09. The zero-order valence-corrected chi connectivity index (χ0v) is 11.7. The molecule has 6 nitrogen and oxygen atoms in total. The number of nitrogens with one attached hydrogen (secondary N) is 1. The van der Waals surface area contributed by atoms with Gasteiger partial charge in [-0.1, -0.05) is 18.2 Å². The van der Waals surface area contributed by atoms with Crippen molar-refractivity contribution in [3.8, 4) is 0 Å². The fraction of sp³-hybridized carbons (Fsp3) is 0.312. The molecule has 1 saturated heterocycles. The topological polar surface area (TPSA) is 71.4 Å². The minimum absolute atomic E-state index is 0.0648. The van der Waals surface area contributed by atoms with Crippen molar-refractivity contribution in [1.29, 1.82) is 0 Å². The molecular formula is C16H13N3O3. The van der Waals surface area contributed by atoms with Crippen molar-refractivity contribution in [1.82, 2.24) is 14.8 Å². The average Bonchev–Trinajstić information content (AvgIpc) is 2.86. The van der Waals surface area contributed by atoms with E-state index in [-0.39, 0.29) is 30.3 Å². The van der Waals surface area contributed by atoms with Gasteiger partial charge in [0.05, 0.1) is 23.2 Å². The molecule has 1 aromatic heterocycles. The Bertz CT molecular complexity index is 882. The van der Waals surface area contributed by atoms with Crippen LogP contribution in [-0.2, 0) is 11.2 Å². The minimum atomic E-state index is -0.471. The number of hydrogen-bond donors (Lipinski definition) is 1. The molecule has 110 valence electrons. The Kier molecular flexibility index (Phi) is 2.05. The Morgan fingerprint density at radius 1 is 1.14 bits per heavy atom. The molecule has 3 amide bonds. The second-order valence-electron chi connectivity index (χ2n) is 6.10. The number of carbonyl (C=O) groups is 3. The van der Waals surface area contributed by atoms with Crippen LogP contribution in [0.5, 0.6) is 0 Å². The maximum atomic E-state index is 12.6. The van der Waals surface area contributed by atoms with Crippen molar-refractivity contribution in [2.45, 2.75) is 18.9 Å². The van der Waals surface area contributed by atoms with Crippen molar-refractivity contribution in [3.05, 3.63) is 35.5 Å². The molecule has 0 saturated carbocycles. The molecule has 3 aliphatic rings. The zero-order chi connectivity index (χ0) is 15.0. The summed E-state index contributed by atoms with van der Waals surface area (Å²) in [4.78, 5) is 38.6. The Labute approximate surface area is 125 Å². The standard InChI is InChI=1S/C16H13N3O3/c20-12-7-10-13-14-9(5-6-18(13)16(22)17-15(10)21)8-3-1-2-4-11(8)19(12)14/h1-4,10,13H,5-7H2,(H,17,21,22). The Balaban J connectivity index is 1.88. The van der Waals surface area contributed by atoms with E-state index in [4.69, 9.17) is 0 Å². The third kappa shape index (κ3) is 1.24. The molecule has 6 heteroatoms. The Morgan fingerprint density at radius 3 is 2.82 bits per heavy atom. The van der Waals surface area contributed by atoms with Crippen LogP contribution < -0.4 is 5.32 Å². The second kappa shape index (κ2) is 3.76. The van der Waals surface area contributed by atoms with Gasteiger partial charge in [-0.25, -0.2) is 4.79 Å². The number of nitrogens with zero attached hydrogens (tertiary/aromatic N) is 2. The van der Waals surface area contributed by atoms with E-state index in [9.17, 15) is 14.4 Å². The van der Waals surface area contributed by atoms with E-state index in [0.717, 1.165) is 22.2 Å².